The molecule has 0 N–H and O–H groups in total. The number of carbonyl (C=O) groups excluding carboxylic acids is 2. The SMILES string of the molecule is CCCCCCCCCN(CCCCCCCCC)CCN(CCCCCCCCC)CCOC(=O)C1CCC(C=O)CC1.CCCCCCCCCN(CCCCCCCCC)CCOC. The minimum atomic E-state index is -0.0373. The van der Waals surface area contributed by atoms with Gasteiger partial charge in [0.2, 0.25) is 0 Å². The number of hydrogen-bond donors (Lipinski definition) is 0. The van der Waals surface area contributed by atoms with Gasteiger partial charge in [0.1, 0.15) is 12.9 Å². The summed E-state index contributed by atoms with van der Waals surface area (Å²) in [7, 11) is 1.82. The number of carbonyl (C=O) groups is 2. The lowest BCUT2D eigenvalue weighted by molar-refractivity contribution is -0.150. The number of ether oxygens (including phenoxy) is 2. The molecule has 0 heterocycles. The summed E-state index contributed by atoms with van der Waals surface area (Å²) >= 11 is 0. The summed E-state index contributed by atoms with van der Waals surface area (Å²) in [5, 5.41) is 0. The lowest BCUT2D eigenvalue weighted by atomic mass is 9.83. The number of unbranched alkanes of at least 4 members (excludes halogenated alkanes) is 30. The quantitative estimate of drug-likeness (QED) is 0.0342. The third kappa shape index (κ3) is 45.8. The zero-order chi connectivity index (χ0) is 48.9. The minimum Gasteiger partial charge on any atom is -0.464 e. The zero-order valence-corrected chi connectivity index (χ0v) is 46.6. The Morgan fingerprint density at radius 2 is 0.642 bits per heavy atom. The highest BCUT2D eigenvalue weighted by Gasteiger charge is 2.27. The van der Waals surface area contributed by atoms with E-state index in [9.17, 15) is 9.59 Å². The normalized spacial score (nSPS) is 15.1. The highest BCUT2D eigenvalue weighted by molar-refractivity contribution is 5.72. The fraction of sp³-hybridized carbons (Fsp3) is 0.967. The van der Waals surface area contributed by atoms with Crippen LogP contribution in [0.1, 0.15) is 285 Å². The molecule has 400 valence electrons. The fourth-order valence-electron chi connectivity index (χ4n) is 9.86. The van der Waals surface area contributed by atoms with Crippen LogP contribution in [0, 0.1) is 11.8 Å². The van der Waals surface area contributed by atoms with Gasteiger partial charge in [-0.05, 0) is 90.5 Å². The van der Waals surface area contributed by atoms with Gasteiger partial charge in [-0.1, -0.05) is 227 Å². The smallest absolute Gasteiger partial charge is 0.308 e. The highest BCUT2D eigenvalue weighted by atomic mass is 16.5. The third-order valence-corrected chi connectivity index (χ3v) is 14.7. The van der Waals surface area contributed by atoms with Gasteiger partial charge in [-0.25, -0.2) is 0 Å². The number of aldehydes is 1. The fourth-order valence-corrected chi connectivity index (χ4v) is 9.86. The Hall–Kier alpha value is -1.02. The van der Waals surface area contributed by atoms with E-state index in [4.69, 9.17) is 9.47 Å². The number of rotatable bonds is 51. The first-order chi connectivity index (χ1) is 33.0. The van der Waals surface area contributed by atoms with Gasteiger partial charge in [0.05, 0.1) is 12.5 Å². The first kappa shape index (κ1) is 66.0. The maximum Gasteiger partial charge on any atom is 0.308 e. The summed E-state index contributed by atoms with van der Waals surface area (Å²) in [6.07, 6.45) is 52.5. The second-order valence-corrected chi connectivity index (χ2v) is 21.0. The van der Waals surface area contributed by atoms with Crippen molar-refractivity contribution in [2.75, 3.05) is 79.2 Å². The van der Waals surface area contributed by atoms with Crippen molar-refractivity contribution in [3.05, 3.63) is 0 Å². The molecule has 1 fully saturated rings. The lowest BCUT2D eigenvalue weighted by Crippen LogP contribution is -2.38. The van der Waals surface area contributed by atoms with E-state index < -0.39 is 0 Å². The predicted molar refractivity (Wildman–Crippen MR) is 294 cm³/mol. The third-order valence-electron chi connectivity index (χ3n) is 14.7. The van der Waals surface area contributed by atoms with Crippen LogP contribution in [0.3, 0.4) is 0 Å². The Bertz CT molecular complexity index is 939. The highest BCUT2D eigenvalue weighted by Crippen LogP contribution is 2.28. The molecule has 7 nitrogen and oxygen atoms in total. The van der Waals surface area contributed by atoms with Gasteiger partial charge in [-0.15, -0.1) is 0 Å². The van der Waals surface area contributed by atoms with Crippen LogP contribution in [0.5, 0.6) is 0 Å². The standard InChI is InChI=1S/C39H76N2O3.C21H45NO/c1-4-7-10-13-16-19-22-29-40(30-23-20-17-14-11-8-5-2)32-33-41(31-24-21-18-15-12-9-6-3)34-35-44-39(43)38-27-25-37(36-42)26-28-38;1-4-6-8-10-12-14-16-18-22(20-21-23-3)19-17-15-13-11-9-7-5-2/h36-38H,4-35H2,1-3H3;4-21H2,1-3H3. The molecular weight excluding hydrogens is 827 g/mol. The van der Waals surface area contributed by atoms with Crippen LogP contribution in [0.2, 0.25) is 0 Å². The summed E-state index contributed by atoms with van der Waals surface area (Å²) in [6.45, 7) is 23.1. The summed E-state index contributed by atoms with van der Waals surface area (Å²) < 4.78 is 11.1. The van der Waals surface area contributed by atoms with Crippen molar-refractivity contribution in [3.63, 3.8) is 0 Å². The monoisotopic (exact) mass is 948 g/mol. The van der Waals surface area contributed by atoms with E-state index in [2.05, 4.69) is 49.3 Å². The first-order valence-electron chi connectivity index (χ1n) is 30.3. The molecule has 1 aliphatic rings. The van der Waals surface area contributed by atoms with Crippen LogP contribution in [0.25, 0.3) is 0 Å². The molecule has 67 heavy (non-hydrogen) atoms. The summed E-state index contributed by atoms with van der Waals surface area (Å²) in [5.74, 6) is 0.0912. The number of methoxy groups -OCH3 is 1. The Balaban J connectivity index is 0.00000159. The minimum absolute atomic E-state index is 0.0118. The molecule has 0 atom stereocenters. The van der Waals surface area contributed by atoms with Gasteiger partial charge < -0.3 is 24.1 Å². The summed E-state index contributed by atoms with van der Waals surface area (Å²) in [5.41, 5.74) is 0. The van der Waals surface area contributed by atoms with Crippen LogP contribution >= 0.6 is 0 Å². The Kier molecular flexibility index (Phi) is 53.5. The van der Waals surface area contributed by atoms with Gasteiger partial charge in [0.15, 0.2) is 0 Å². The molecule has 0 aliphatic heterocycles. The molecule has 0 aromatic carbocycles. The topological polar surface area (TPSA) is 62.3 Å². The van der Waals surface area contributed by atoms with E-state index in [1.807, 2.05) is 7.11 Å². The number of esters is 1. The van der Waals surface area contributed by atoms with Gasteiger partial charge >= 0.3 is 5.97 Å². The van der Waals surface area contributed by atoms with E-state index in [-0.39, 0.29) is 17.8 Å². The number of nitrogens with zero attached hydrogens (tertiary/aromatic N) is 3. The molecule has 1 aliphatic carbocycles. The first-order valence-corrected chi connectivity index (χ1v) is 30.3. The van der Waals surface area contributed by atoms with Crippen LogP contribution < -0.4 is 0 Å². The average molecular weight is 949 g/mol. The van der Waals surface area contributed by atoms with Crippen molar-refractivity contribution < 1.29 is 19.1 Å². The van der Waals surface area contributed by atoms with Crippen molar-refractivity contribution in [2.24, 2.45) is 11.8 Å². The van der Waals surface area contributed by atoms with E-state index in [0.29, 0.717) is 6.61 Å². The maximum absolute atomic E-state index is 12.7. The van der Waals surface area contributed by atoms with Gasteiger partial charge in [0, 0.05) is 39.2 Å². The Labute approximate surface area is 420 Å². The molecule has 0 aromatic rings. The van der Waals surface area contributed by atoms with E-state index in [1.165, 1.54) is 251 Å². The molecule has 1 rings (SSSR count). The lowest BCUT2D eigenvalue weighted by Gasteiger charge is -2.28. The summed E-state index contributed by atoms with van der Waals surface area (Å²) in [4.78, 5) is 31.8. The van der Waals surface area contributed by atoms with Crippen molar-refractivity contribution in [1.82, 2.24) is 14.7 Å². The largest absolute Gasteiger partial charge is 0.464 e. The van der Waals surface area contributed by atoms with E-state index >= 15 is 0 Å². The van der Waals surface area contributed by atoms with Gasteiger partial charge in [-0.3, -0.25) is 9.69 Å². The molecule has 7 heteroatoms. The van der Waals surface area contributed by atoms with Crippen molar-refractivity contribution >= 4 is 12.3 Å². The van der Waals surface area contributed by atoms with E-state index in [0.717, 1.165) is 71.3 Å². The molecule has 1 saturated carbocycles. The Morgan fingerprint density at radius 1 is 0.373 bits per heavy atom. The van der Waals surface area contributed by atoms with Crippen LogP contribution in [0.15, 0.2) is 0 Å². The molecule has 0 unspecified atom stereocenters. The average Bonchev–Trinajstić information content (AvgIpc) is 3.35. The van der Waals surface area contributed by atoms with Crippen molar-refractivity contribution in [1.29, 1.82) is 0 Å². The van der Waals surface area contributed by atoms with Crippen LogP contribution in [-0.2, 0) is 19.1 Å². The molecular formula is C60H121N3O4. The van der Waals surface area contributed by atoms with Gasteiger partial charge in [0.25, 0.3) is 0 Å². The summed E-state index contributed by atoms with van der Waals surface area (Å²) in [6, 6.07) is 0. The predicted octanol–water partition coefficient (Wildman–Crippen LogP) is 16.8. The second kappa shape index (κ2) is 54.3. The maximum atomic E-state index is 12.7. The molecule has 0 aromatic heterocycles. The zero-order valence-electron chi connectivity index (χ0n) is 46.6. The van der Waals surface area contributed by atoms with Crippen LogP contribution in [-0.4, -0.2) is 106 Å². The van der Waals surface area contributed by atoms with Crippen molar-refractivity contribution in [3.8, 4) is 0 Å². The second-order valence-electron chi connectivity index (χ2n) is 21.0. The van der Waals surface area contributed by atoms with Crippen molar-refractivity contribution in [2.45, 2.75) is 285 Å². The molecule has 0 bridgehead atoms. The molecule has 0 amide bonds. The van der Waals surface area contributed by atoms with Crippen LogP contribution in [0.4, 0.5) is 0 Å². The Morgan fingerprint density at radius 3 is 0.940 bits per heavy atom. The molecule has 0 saturated heterocycles. The molecule has 0 radical (unpaired) electrons. The number of hydrogen-bond acceptors (Lipinski definition) is 7. The molecule has 0 spiro atoms. The van der Waals surface area contributed by atoms with Gasteiger partial charge in [-0.2, -0.15) is 0 Å². The van der Waals surface area contributed by atoms with E-state index in [1.54, 1.807) is 0 Å².